The zero-order valence-electron chi connectivity index (χ0n) is 11.7. The van der Waals surface area contributed by atoms with Crippen molar-refractivity contribution < 1.29 is 9.90 Å². The molecule has 0 bridgehead atoms. The highest BCUT2D eigenvalue weighted by Gasteiger charge is 2.33. The number of hydrogen-bond donors (Lipinski definition) is 1. The summed E-state index contributed by atoms with van der Waals surface area (Å²) < 4.78 is 1.83. The van der Waals surface area contributed by atoms with Crippen LogP contribution in [0.1, 0.15) is 60.1 Å². The molecule has 0 atom stereocenters. The summed E-state index contributed by atoms with van der Waals surface area (Å²) in [5, 5.41) is 13.7. The van der Waals surface area contributed by atoms with Crippen molar-refractivity contribution in [3.05, 3.63) is 47.3 Å². The van der Waals surface area contributed by atoms with Gasteiger partial charge in [-0.2, -0.15) is 5.10 Å². The third-order valence-corrected chi connectivity index (χ3v) is 3.79. The normalized spacial score (nSPS) is 14.8. The van der Waals surface area contributed by atoms with E-state index in [1.807, 2.05) is 22.9 Å². The molecular weight excluding hydrogens is 252 g/mol. The molecule has 0 spiro atoms. The van der Waals surface area contributed by atoms with Gasteiger partial charge in [-0.3, -0.25) is 0 Å². The van der Waals surface area contributed by atoms with E-state index in [1.165, 1.54) is 11.8 Å². The molecule has 1 heterocycles. The SMILES string of the molecule is CC(C)c1ccccc1-n1ncc(C(=O)O)c1C1CC1. The molecule has 0 saturated heterocycles. The fourth-order valence-electron chi connectivity index (χ4n) is 2.63. The first-order valence-electron chi connectivity index (χ1n) is 7.00. The lowest BCUT2D eigenvalue weighted by Gasteiger charge is -2.15. The number of aromatic carboxylic acids is 1. The van der Waals surface area contributed by atoms with Crippen LogP contribution in [-0.4, -0.2) is 20.9 Å². The van der Waals surface area contributed by atoms with Gasteiger partial charge in [0.15, 0.2) is 0 Å². The van der Waals surface area contributed by atoms with Crippen LogP contribution in [0.4, 0.5) is 0 Å². The Hall–Kier alpha value is -2.10. The Kier molecular flexibility index (Phi) is 3.08. The molecule has 1 aliphatic rings. The number of carboxylic acid groups (broad SMARTS) is 1. The Morgan fingerprint density at radius 3 is 2.65 bits per heavy atom. The van der Waals surface area contributed by atoms with Gasteiger partial charge in [0, 0.05) is 5.92 Å². The van der Waals surface area contributed by atoms with Crippen LogP contribution in [0, 0.1) is 0 Å². The predicted octanol–water partition coefficient (Wildman–Crippen LogP) is 3.57. The van der Waals surface area contributed by atoms with E-state index in [0.717, 1.165) is 24.2 Å². The van der Waals surface area contributed by atoms with E-state index in [4.69, 9.17) is 0 Å². The summed E-state index contributed by atoms with van der Waals surface area (Å²) in [4.78, 5) is 11.4. The van der Waals surface area contributed by atoms with Crippen molar-refractivity contribution in [2.24, 2.45) is 0 Å². The van der Waals surface area contributed by atoms with E-state index in [-0.39, 0.29) is 0 Å². The minimum absolute atomic E-state index is 0.337. The third-order valence-electron chi connectivity index (χ3n) is 3.79. The summed E-state index contributed by atoms with van der Waals surface area (Å²) in [6.07, 6.45) is 3.58. The number of para-hydroxylation sites is 1. The first-order valence-corrected chi connectivity index (χ1v) is 7.00. The van der Waals surface area contributed by atoms with Gasteiger partial charge in [-0.1, -0.05) is 32.0 Å². The summed E-state index contributed by atoms with van der Waals surface area (Å²) >= 11 is 0. The van der Waals surface area contributed by atoms with Crippen LogP contribution in [0.15, 0.2) is 30.5 Å². The van der Waals surface area contributed by atoms with E-state index in [2.05, 4.69) is 25.0 Å². The highest BCUT2D eigenvalue weighted by Crippen LogP contribution is 2.43. The number of aromatic nitrogens is 2. The molecule has 20 heavy (non-hydrogen) atoms. The summed E-state index contributed by atoms with van der Waals surface area (Å²) in [7, 11) is 0. The fourth-order valence-corrected chi connectivity index (χ4v) is 2.63. The number of hydrogen-bond acceptors (Lipinski definition) is 2. The standard InChI is InChI=1S/C16H18N2O2/c1-10(2)12-5-3-4-6-14(12)18-15(11-7-8-11)13(9-17-18)16(19)20/h3-6,9-11H,7-8H2,1-2H3,(H,19,20). The second-order valence-corrected chi connectivity index (χ2v) is 5.65. The maximum atomic E-state index is 11.4. The second kappa shape index (κ2) is 4.78. The summed E-state index contributed by atoms with van der Waals surface area (Å²) in [6, 6.07) is 8.08. The molecule has 1 fully saturated rings. The summed E-state index contributed by atoms with van der Waals surface area (Å²) in [5.74, 6) is -0.181. The van der Waals surface area contributed by atoms with Crippen molar-refractivity contribution in [2.45, 2.75) is 38.5 Å². The monoisotopic (exact) mass is 270 g/mol. The van der Waals surface area contributed by atoms with Gasteiger partial charge in [0.25, 0.3) is 0 Å². The lowest BCUT2D eigenvalue weighted by atomic mass is 10.0. The average Bonchev–Trinajstić information content (AvgIpc) is 3.16. The van der Waals surface area contributed by atoms with E-state index in [0.29, 0.717) is 17.4 Å². The minimum Gasteiger partial charge on any atom is -0.478 e. The second-order valence-electron chi connectivity index (χ2n) is 5.65. The molecule has 1 saturated carbocycles. The largest absolute Gasteiger partial charge is 0.478 e. The molecule has 0 amide bonds. The van der Waals surface area contributed by atoms with Crippen molar-refractivity contribution in [3.63, 3.8) is 0 Å². The van der Waals surface area contributed by atoms with E-state index < -0.39 is 5.97 Å². The van der Waals surface area contributed by atoms with Crippen LogP contribution in [0.3, 0.4) is 0 Å². The molecule has 0 unspecified atom stereocenters. The van der Waals surface area contributed by atoms with Crippen molar-refractivity contribution in [2.75, 3.05) is 0 Å². The first kappa shape index (κ1) is 12.9. The van der Waals surface area contributed by atoms with Crippen LogP contribution in [0.25, 0.3) is 5.69 Å². The van der Waals surface area contributed by atoms with Crippen LogP contribution < -0.4 is 0 Å². The van der Waals surface area contributed by atoms with Gasteiger partial charge in [0.1, 0.15) is 5.56 Å². The minimum atomic E-state index is -0.889. The molecule has 4 nitrogen and oxygen atoms in total. The van der Waals surface area contributed by atoms with Crippen molar-refractivity contribution in [1.82, 2.24) is 9.78 Å². The maximum absolute atomic E-state index is 11.4. The highest BCUT2D eigenvalue weighted by molar-refractivity contribution is 5.89. The van der Waals surface area contributed by atoms with E-state index in [9.17, 15) is 9.90 Å². The highest BCUT2D eigenvalue weighted by atomic mass is 16.4. The predicted molar refractivity (Wildman–Crippen MR) is 76.6 cm³/mol. The Bertz CT molecular complexity index is 654. The smallest absolute Gasteiger partial charge is 0.339 e. The Labute approximate surface area is 118 Å². The van der Waals surface area contributed by atoms with E-state index >= 15 is 0 Å². The molecule has 1 aliphatic carbocycles. The number of rotatable bonds is 4. The lowest BCUT2D eigenvalue weighted by Crippen LogP contribution is -2.08. The van der Waals surface area contributed by atoms with Gasteiger partial charge < -0.3 is 5.11 Å². The van der Waals surface area contributed by atoms with Crippen LogP contribution in [-0.2, 0) is 0 Å². The zero-order chi connectivity index (χ0) is 14.3. The Balaban J connectivity index is 2.18. The Morgan fingerprint density at radius 2 is 2.05 bits per heavy atom. The van der Waals surface area contributed by atoms with Gasteiger partial charge in [0.2, 0.25) is 0 Å². The molecule has 0 radical (unpaired) electrons. The fraction of sp³-hybridized carbons (Fsp3) is 0.375. The van der Waals surface area contributed by atoms with Crippen LogP contribution in [0.5, 0.6) is 0 Å². The third kappa shape index (κ3) is 2.11. The zero-order valence-corrected chi connectivity index (χ0v) is 11.7. The number of nitrogens with zero attached hydrogens (tertiary/aromatic N) is 2. The molecular formula is C16H18N2O2. The number of carboxylic acids is 1. The molecule has 2 aromatic rings. The maximum Gasteiger partial charge on any atom is 0.339 e. The molecule has 4 heteroatoms. The molecule has 0 aliphatic heterocycles. The van der Waals surface area contributed by atoms with Crippen molar-refractivity contribution in [1.29, 1.82) is 0 Å². The molecule has 3 rings (SSSR count). The lowest BCUT2D eigenvalue weighted by molar-refractivity contribution is 0.0695. The molecule has 104 valence electrons. The van der Waals surface area contributed by atoms with Gasteiger partial charge in [-0.15, -0.1) is 0 Å². The van der Waals surface area contributed by atoms with Crippen molar-refractivity contribution in [3.8, 4) is 5.69 Å². The quantitative estimate of drug-likeness (QED) is 0.924. The van der Waals surface area contributed by atoms with Gasteiger partial charge in [-0.25, -0.2) is 9.48 Å². The van der Waals surface area contributed by atoms with Gasteiger partial charge >= 0.3 is 5.97 Å². The van der Waals surface area contributed by atoms with Gasteiger partial charge in [0.05, 0.1) is 17.6 Å². The van der Waals surface area contributed by atoms with Gasteiger partial charge in [-0.05, 0) is 30.4 Å². The Morgan fingerprint density at radius 1 is 1.35 bits per heavy atom. The summed E-state index contributed by atoms with van der Waals surface area (Å²) in [6.45, 7) is 4.27. The molecule has 1 N–H and O–H groups in total. The number of carbonyl (C=O) groups is 1. The summed E-state index contributed by atoms with van der Waals surface area (Å²) in [5.41, 5.74) is 3.38. The molecule has 1 aromatic carbocycles. The van der Waals surface area contributed by atoms with Crippen LogP contribution >= 0.6 is 0 Å². The topological polar surface area (TPSA) is 55.1 Å². The van der Waals surface area contributed by atoms with E-state index in [1.54, 1.807) is 0 Å². The average molecular weight is 270 g/mol. The first-order chi connectivity index (χ1) is 9.59. The number of benzene rings is 1. The van der Waals surface area contributed by atoms with Crippen LogP contribution in [0.2, 0.25) is 0 Å². The molecule has 1 aromatic heterocycles. The van der Waals surface area contributed by atoms with Crippen molar-refractivity contribution >= 4 is 5.97 Å².